The van der Waals surface area contributed by atoms with Crippen LogP contribution in [0, 0.1) is 0 Å². The van der Waals surface area contributed by atoms with Crippen molar-refractivity contribution < 1.29 is 17.6 Å². The van der Waals surface area contributed by atoms with E-state index in [0.717, 1.165) is 16.7 Å². The van der Waals surface area contributed by atoms with Gasteiger partial charge in [0.05, 0.1) is 24.0 Å². The summed E-state index contributed by atoms with van der Waals surface area (Å²) in [5, 5.41) is 5.40. The maximum absolute atomic E-state index is 11.8. The fourth-order valence-corrected chi connectivity index (χ4v) is 4.17. The highest BCUT2D eigenvalue weighted by Gasteiger charge is 2.28. The number of furan rings is 1. The van der Waals surface area contributed by atoms with Gasteiger partial charge < -0.3 is 15.1 Å². The number of nitrogens with one attached hydrogen (secondary N) is 2. The van der Waals surface area contributed by atoms with E-state index in [1.54, 1.807) is 24.9 Å². The number of rotatable bonds is 4. The minimum Gasteiger partial charge on any atom is -0.472 e. The van der Waals surface area contributed by atoms with Crippen LogP contribution < -0.4 is 10.6 Å². The minimum atomic E-state index is -3.00. The van der Waals surface area contributed by atoms with Gasteiger partial charge in [0.25, 0.3) is 0 Å². The molecule has 2 N–H and O–H groups in total. The van der Waals surface area contributed by atoms with E-state index in [1.165, 1.54) is 0 Å². The lowest BCUT2D eigenvalue weighted by molar-refractivity contribution is 0.237. The second kappa shape index (κ2) is 6.41. The van der Waals surface area contributed by atoms with Crippen LogP contribution in [0.3, 0.4) is 0 Å². The van der Waals surface area contributed by atoms with Gasteiger partial charge in [0, 0.05) is 36.1 Å². The number of pyridine rings is 1. The second-order valence-electron chi connectivity index (χ2n) is 5.52. The Bertz CT molecular complexity index is 787. The third-order valence-corrected chi connectivity index (χ3v) is 5.44. The molecular formula is C15H17N3O4S. The van der Waals surface area contributed by atoms with Crippen LogP contribution in [-0.4, -0.2) is 37.0 Å². The zero-order valence-corrected chi connectivity index (χ0v) is 13.2. The molecule has 1 saturated heterocycles. The van der Waals surface area contributed by atoms with Crippen LogP contribution in [0.5, 0.6) is 0 Å². The predicted molar refractivity (Wildman–Crippen MR) is 84.4 cm³/mol. The van der Waals surface area contributed by atoms with Crippen molar-refractivity contribution in [1.29, 1.82) is 0 Å². The highest BCUT2D eigenvalue weighted by molar-refractivity contribution is 7.91. The van der Waals surface area contributed by atoms with E-state index in [1.807, 2.05) is 12.1 Å². The third kappa shape index (κ3) is 4.10. The van der Waals surface area contributed by atoms with E-state index in [0.29, 0.717) is 13.0 Å². The average molecular weight is 335 g/mol. The summed E-state index contributed by atoms with van der Waals surface area (Å²) in [6, 6.07) is 3.07. The molecule has 7 nitrogen and oxygen atoms in total. The molecule has 1 fully saturated rings. The normalized spacial score (nSPS) is 19.4. The zero-order chi connectivity index (χ0) is 16.3. The minimum absolute atomic E-state index is 0.0119. The van der Waals surface area contributed by atoms with Crippen molar-refractivity contribution in [2.24, 2.45) is 0 Å². The lowest BCUT2D eigenvalue weighted by Gasteiger charge is -2.12. The first-order chi connectivity index (χ1) is 11.0. The van der Waals surface area contributed by atoms with Gasteiger partial charge in [0.1, 0.15) is 0 Å². The van der Waals surface area contributed by atoms with Gasteiger partial charge in [-0.05, 0) is 24.1 Å². The van der Waals surface area contributed by atoms with Crippen molar-refractivity contribution in [1.82, 2.24) is 15.6 Å². The van der Waals surface area contributed by atoms with Crippen molar-refractivity contribution in [3.05, 3.63) is 42.6 Å². The quantitative estimate of drug-likeness (QED) is 0.878. The average Bonchev–Trinajstić information content (AvgIpc) is 3.15. The van der Waals surface area contributed by atoms with Crippen LogP contribution in [0.4, 0.5) is 4.79 Å². The van der Waals surface area contributed by atoms with Crippen molar-refractivity contribution in [2.75, 3.05) is 11.5 Å². The van der Waals surface area contributed by atoms with Crippen molar-refractivity contribution in [3.8, 4) is 11.1 Å². The molecule has 0 unspecified atom stereocenters. The van der Waals surface area contributed by atoms with Gasteiger partial charge in [0.2, 0.25) is 0 Å². The van der Waals surface area contributed by atoms with E-state index in [-0.39, 0.29) is 23.6 Å². The summed E-state index contributed by atoms with van der Waals surface area (Å²) in [4.78, 5) is 16.0. The number of aromatic nitrogens is 1. The second-order valence-corrected chi connectivity index (χ2v) is 7.75. The van der Waals surface area contributed by atoms with E-state index < -0.39 is 9.84 Å². The number of amides is 2. The van der Waals surface area contributed by atoms with Crippen LogP contribution in [-0.2, 0) is 16.4 Å². The molecule has 0 spiro atoms. The zero-order valence-electron chi connectivity index (χ0n) is 12.4. The predicted octanol–water partition coefficient (Wildman–Crippen LogP) is 1.33. The van der Waals surface area contributed by atoms with Gasteiger partial charge in [-0.25, -0.2) is 13.2 Å². The Morgan fingerprint density at radius 3 is 2.91 bits per heavy atom. The molecule has 122 valence electrons. The number of hydrogen-bond acceptors (Lipinski definition) is 5. The van der Waals surface area contributed by atoms with Gasteiger partial charge >= 0.3 is 6.03 Å². The summed E-state index contributed by atoms with van der Waals surface area (Å²) < 4.78 is 27.8. The Morgan fingerprint density at radius 2 is 2.22 bits per heavy atom. The first kappa shape index (κ1) is 15.5. The molecule has 23 heavy (non-hydrogen) atoms. The summed E-state index contributed by atoms with van der Waals surface area (Å²) in [5.41, 5.74) is 2.67. The topological polar surface area (TPSA) is 101 Å². The monoisotopic (exact) mass is 335 g/mol. The van der Waals surface area contributed by atoms with Gasteiger partial charge in [-0.1, -0.05) is 0 Å². The first-order valence-corrected chi connectivity index (χ1v) is 9.05. The van der Waals surface area contributed by atoms with Crippen LogP contribution in [0.2, 0.25) is 0 Å². The molecule has 1 aliphatic rings. The Hall–Kier alpha value is -2.35. The first-order valence-electron chi connectivity index (χ1n) is 7.23. The summed E-state index contributed by atoms with van der Waals surface area (Å²) in [7, 11) is -3.00. The highest BCUT2D eigenvalue weighted by atomic mass is 32.2. The van der Waals surface area contributed by atoms with E-state index >= 15 is 0 Å². The van der Waals surface area contributed by atoms with E-state index in [2.05, 4.69) is 15.6 Å². The molecule has 0 aliphatic carbocycles. The Morgan fingerprint density at radius 1 is 1.35 bits per heavy atom. The molecule has 0 aromatic carbocycles. The Balaban J connectivity index is 1.54. The van der Waals surface area contributed by atoms with Crippen molar-refractivity contribution in [3.63, 3.8) is 0 Å². The molecule has 1 atom stereocenters. The molecular weight excluding hydrogens is 318 g/mol. The standard InChI is InChI=1S/C15H17N3O4S/c19-15(18-14-2-4-23(20,21)10-14)17-7-11-5-13(8-16-6-11)12-1-3-22-9-12/h1,3,5-6,8-9,14H,2,4,7,10H2,(H2,17,18,19)/t14-/m0/s1. The number of carbonyl (C=O) groups excluding carboxylic acids is 1. The van der Waals surface area contributed by atoms with Crippen molar-refractivity contribution >= 4 is 15.9 Å². The summed E-state index contributed by atoms with van der Waals surface area (Å²) in [6.45, 7) is 0.310. The number of nitrogens with zero attached hydrogens (tertiary/aromatic N) is 1. The van der Waals surface area contributed by atoms with Crippen LogP contribution in [0.25, 0.3) is 11.1 Å². The molecule has 2 aromatic heterocycles. The molecule has 3 rings (SSSR count). The number of hydrogen-bond donors (Lipinski definition) is 2. The largest absolute Gasteiger partial charge is 0.472 e. The fourth-order valence-electron chi connectivity index (χ4n) is 2.50. The molecule has 2 aromatic rings. The van der Waals surface area contributed by atoms with E-state index in [4.69, 9.17) is 4.42 Å². The van der Waals surface area contributed by atoms with Gasteiger partial charge in [-0.2, -0.15) is 0 Å². The maximum Gasteiger partial charge on any atom is 0.315 e. The Labute approximate surface area is 134 Å². The summed E-state index contributed by atoms with van der Waals surface area (Å²) in [6.07, 6.45) is 7.07. The van der Waals surface area contributed by atoms with Crippen LogP contribution in [0.15, 0.2) is 41.5 Å². The maximum atomic E-state index is 11.8. The number of carbonyl (C=O) groups is 1. The van der Waals surface area contributed by atoms with Gasteiger partial charge in [0.15, 0.2) is 9.84 Å². The fraction of sp³-hybridized carbons (Fsp3) is 0.333. The molecule has 2 amide bonds. The summed E-state index contributed by atoms with van der Waals surface area (Å²) >= 11 is 0. The molecule has 0 radical (unpaired) electrons. The Kier molecular flexibility index (Phi) is 4.33. The third-order valence-electron chi connectivity index (χ3n) is 3.67. The van der Waals surface area contributed by atoms with E-state index in [9.17, 15) is 13.2 Å². The molecule has 0 bridgehead atoms. The SMILES string of the molecule is O=C(NCc1cncc(-c2ccoc2)c1)N[C@H]1CCS(=O)(=O)C1. The molecule has 3 heterocycles. The smallest absolute Gasteiger partial charge is 0.315 e. The molecule has 0 saturated carbocycles. The van der Waals surface area contributed by atoms with Gasteiger partial charge in [-0.15, -0.1) is 0 Å². The molecule has 1 aliphatic heterocycles. The summed E-state index contributed by atoms with van der Waals surface area (Å²) in [5.74, 6) is 0.145. The highest BCUT2D eigenvalue weighted by Crippen LogP contribution is 2.19. The lowest BCUT2D eigenvalue weighted by Crippen LogP contribution is -2.42. The van der Waals surface area contributed by atoms with Crippen LogP contribution >= 0.6 is 0 Å². The number of sulfone groups is 1. The van der Waals surface area contributed by atoms with Crippen molar-refractivity contribution in [2.45, 2.75) is 19.0 Å². The molecule has 8 heteroatoms. The number of urea groups is 1. The van der Waals surface area contributed by atoms with Crippen LogP contribution in [0.1, 0.15) is 12.0 Å². The lowest BCUT2D eigenvalue weighted by atomic mass is 10.1. The van der Waals surface area contributed by atoms with Gasteiger partial charge in [-0.3, -0.25) is 4.98 Å².